The highest BCUT2D eigenvalue weighted by molar-refractivity contribution is 5.83. The molecular weight excluding hydrogens is 128 g/mol. The average molecular weight is 142 g/mol. The van der Waals surface area contributed by atoms with Gasteiger partial charge in [0.25, 0.3) is 0 Å². The lowest BCUT2D eigenvalue weighted by molar-refractivity contribution is -0.122. The molecule has 1 aliphatic heterocycles. The molecule has 0 aliphatic carbocycles. The largest absolute Gasteiger partial charge is 0.297 e. The number of Topliss-reactive ketones (excluding diaryl/α,β-unsaturated/α-hetero) is 1. The first-order valence-corrected chi connectivity index (χ1v) is 3.66. The summed E-state index contributed by atoms with van der Waals surface area (Å²) in [5.74, 6) is 0.292. The van der Waals surface area contributed by atoms with Crippen LogP contribution in [0, 0.1) is 0 Å². The third-order valence-corrected chi connectivity index (χ3v) is 1.75. The molecule has 0 bridgehead atoms. The van der Waals surface area contributed by atoms with E-state index in [0.29, 0.717) is 24.9 Å². The van der Waals surface area contributed by atoms with Crippen LogP contribution in [0.25, 0.3) is 0 Å². The smallest absolute Gasteiger partial charge is 0.160 e. The first-order chi connectivity index (χ1) is 4.70. The maximum atomic E-state index is 10.9. The molecule has 0 aromatic heterocycles. The van der Waals surface area contributed by atoms with E-state index >= 15 is 0 Å². The Labute approximate surface area is 61.4 Å². The van der Waals surface area contributed by atoms with Crippen molar-refractivity contribution in [3.05, 3.63) is 0 Å². The number of rotatable bonds is 1. The molecule has 0 aromatic carbocycles. The lowest BCUT2D eigenvalue weighted by Crippen LogP contribution is -2.50. The molecule has 1 N–H and O–H groups in total. The van der Waals surface area contributed by atoms with Crippen molar-refractivity contribution in [2.24, 2.45) is 0 Å². The van der Waals surface area contributed by atoms with Crippen LogP contribution in [-0.4, -0.2) is 36.5 Å². The predicted octanol–water partition coefficient (Wildman–Crippen LogP) is -0.173. The van der Waals surface area contributed by atoms with E-state index in [2.05, 4.69) is 24.1 Å². The van der Waals surface area contributed by atoms with Crippen LogP contribution in [0.2, 0.25) is 0 Å². The second-order valence-electron chi connectivity index (χ2n) is 2.96. The summed E-state index contributed by atoms with van der Waals surface area (Å²) in [7, 11) is 0. The van der Waals surface area contributed by atoms with Crippen molar-refractivity contribution in [2.75, 3.05) is 19.8 Å². The minimum absolute atomic E-state index is 0.292. The molecule has 0 unspecified atom stereocenters. The third-order valence-electron chi connectivity index (χ3n) is 1.75. The van der Waals surface area contributed by atoms with E-state index in [9.17, 15) is 4.79 Å². The van der Waals surface area contributed by atoms with E-state index in [1.165, 1.54) is 0 Å². The van der Waals surface area contributed by atoms with Gasteiger partial charge in [0, 0.05) is 12.7 Å². The molecule has 0 aromatic rings. The number of carbonyl (C=O) groups is 1. The fraction of sp³-hybridized carbons (Fsp3) is 0.857. The predicted molar refractivity (Wildman–Crippen MR) is 39.7 cm³/mol. The maximum Gasteiger partial charge on any atom is 0.160 e. The Morgan fingerprint density at radius 3 is 2.70 bits per heavy atom. The highest BCUT2D eigenvalue weighted by atomic mass is 16.1. The van der Waals surface area contributed by atoms with E-state index in [4.69, 9.17) is 0 Å². The van der Waals surface area contributed by atoms with Crippen molar-refractivity contribution in [3.8, 4) is 0 Å². The first-order valence-electron chi connectivity index (χ1n) is 3.66. The average Bonchev–Trinajstić information content (AvgIpc) is 1.88. The number of hydrogen-bond acceptors (Lipinski definition) is 3. The summed E-state index contributed by atoms with van der Waals surface area (Å²) in [6, 6.07) is 0.469. The molecule has 0 atom stereocenters. The van der Waals surface area contributed by atoms with Gasteiger partial charge in [-0.25, -0.2) is 0 Å². The van der Waals surface area contributed by atoms with Gasteiger partial charge in [0.1, 0.15) is 0 Å². The van der Waals surface area contributed by atoms with Gasteiger partial charge in [0.2, 0.25) is 0 Å². The Bertz CT molecular complexity index is 134. The van der Waals surface area contributed by atoms with Gasteiger partial charge in [0.15, 0.2) is 5.78 Å². The zero-order valence-corrected chi connectivity index (χ0v) is 6.55. The van der Waals surface area contributed by atoms with Gasteiger partial charge >= 0.3 is 0 Å². The SMILES string of the molecule is CC(C)N1CNCC(=O)C1. The van der Waals surface area contributed by atoms with Gasteiger partial charge in [-0.2, -0.15) is 0 Å². The number of nitrogens with one attached hydrogen (secondary N) is 1. The molecule has 3 nitrogen and oxygen atoms in total. The fourth-order valence-electron chi connectivity index (χ4n) is 1.04. The quantitative estimate of drug-likeness (QED) is 0.551. The van der Waals surface area contributed by atoms with Crippen molar-refractivity contribution in [1.82, 2.24) is 10.2 Å². The van der Waals surface area contributed by atoms with E-state index in [1.807, 2.05) is 0 Å². The minimum Gasteiger partial charge on any atom is -0.297 e. The van der Waals surface area contributed by atoms with Crippen LogP contribution in [0.3, 0.4) is 0 Å². The maximum absolute atomic E-state index is 10.9. The second-order valence-corrected chi connectivity index (χ2v) is 2.96. The van der Waals surface area contributed by atoms with Crippen LogP contribution in [-0.2, 0) is 4.79 Å². The van der Waals surface area contributed by atoms with Gasteiger partial charge in [-0.3, -0.25) is 15.0 Å². The molecule has 0 radical (unpaired) electrons. The Morgan fingerprint density at radius 1 is 1.60 bits per heavy atom. The number of carbonyl (C=O) groups excluding carboxylic acids is 1. The summed E-state index contributed by atoms with van der Waals surface area (Å²) in [5.41, 5.74) is 0. The summed E-state index contributed by atoms with van der Waals surface area (Å²) in [5, 5.41) is 3.04. The Balaban J connectivity index is 2.39. The summed E-state index contributed by atoms with van der Waals surface area (Å²) in [6.45, 7) is 6.21. The normalized spacial score (nSPS) is 22.1. The molecule has 1 heterocycles. The van der Waals surface area contributed by atoms with Gasteiger partial charge in [-0.1, -0.05) is 0 Å². The van der Waals surface area contributed by atoms with Crippen LogP contribution in [0.4, 0.5) is 0 Å². The Kier molecular flexibility index (Phi) is 2.40. The molecule has 0 saturated carbocycles. The molecule has 1 fully saturated rings. The standard InChI is InChI=1S/C7H14N2O/c1-6(2)9-4-7(10)3-8-5-9/h6,8H,3-5H2,1-2H3. The molecule has 1 saturated heterocycles. The van der Waals surface area contributed by atoms with E-state index in [1.54, 1.807) is 0 Å². The topological polar surface area (TPSA) is 32.3 Å². The van der Waals surface area contributed by atoms with Crippen molar-refractivity contribution < 1.29 is 4.79 Å². The number of hydrogen-bond donors (Lipinski definition) is 1. The molecule has 0 spiro atoms. The molecule has 0 amide bonds. The van der Waals surface area contributed by atoms with Crippen molar-refractivity contribution in [3.63, 3.8) is 0 Å². The highest BCUT2D eigenvalue weighted by Crippen LogP contribution is 1.98. The van der Waals surface area contributed by atoms with Crippen LogP contribution < -0.4 is 5.32 Å². The molecule has 10 heavy (non-hydrogen) atoms. The van der Waals surface area contributed by atoms with Crippen LogP contribution >= 0.6 is 0 Å². The summed E-state index contributed by atoms with van der Waals surface area (Å²) >= 11 is 0. The Hall–Kier alpha value is -0.410. The van der Waals surface area contributed by atoms with Crippen molar-refractivity contribution >= 4 is 5.78 Å². The first kappa shape index (κ1) is 7.69. The lowest BCUT2D eigenvalue weighted by atomic mass is 10.2. The van der Waals surface area contributed by atoms with Crippen LogP contribution in [0.15, 0.2) is 0 Å². The minimum atomic E-state index is 0.292. The molecular formula is C7H14N2O. The van der Waals surface area contributed by atoms with Gasteiger partial charge < -0.3 is 0 Å². The van der Waals surface area contributed by atoms with E-state index in [0.717, 1.165) is 6.67 Å². The number of ketones is 1. The lowest BCUT2D eigenvalue weighted by Gasteiger charge is -2.29. The van der Waals surface area contributed by atoms with Gasteiger partial charge in [0.05, 0.1) is 13.1 Å². The zero-order chi connectivity index (χ0) is 7.56. The molecule has 58 valence electrons. The van der Waals surface area contributed by atoms with E-state index in [-0.39, 0.29) is 0 Å². The molecule has 1 aliphatic rings. The van der Waals surface area contributed by atoms with Gasteiger partial charge in [-0.15, -0.1) is 0 Å². The fourth-order valence-corrected chi connectivity index (χ4v) is 1.04. The second kappa shape index (κ2) is 3.12. The number of nitrogens with zero attached hydrogens (tertiary/aromatic N) is 1. The van der Waals surface area contributed by atoms with Crippen molar-refractivity contribution in [1.29, 1.82) is 0 Å². The monoisotopic (exact) mass is 142 g/mol. The van der Waals surface area contributed by atoms with Crippen molar-refractivity contribution in [2.45, 2.75) is 19.9 Å². The third kappa shape index (κ3) is 1.78. The van der Waals surface area contributed by atoms with Gasteiger partial charge in [-0.05, 0) is 13.8 Å². The Morgan fingerprint density at radius 2 is 2.30 bits per heavy atom. The van der Waals surface area contributed by atoms with Crippen LogP contribution in [0.5, 0.6) is 0 Å². The summed E-state index contributed by atoms with van der Waals surface area (Å²) in [4.78, 5) is 13.0. The van der Waals surface area contributed by atoms with Crippen LogP contribution in [0.1, 0.15) is 13.8 Å². The highest BCUT2D eigenvalue weighted by Gasteiger charge is 2.17. The zero-order valence-electron chi connectivity index (χ0n) is 6.55. The summed E-state index contributed by atoms with van der Waals surface area (Å²) in [6.07, 6.45) is 0. The molecule has 3 heteroatoms. The molecule has 1 rings (SSSR count). The summed E-state index contributed by atoms with van der Waals surface area (Å²) < 4.78 is 0. The van der Waals surface area contributed by atoms with E-state index < -0.39 is 0 Å².